The predicted molar refractivity (Wildman–Crippen MR) is 69.5 cm³/mol. The largest absolute Gasteiger partial charge is 0.465 e. The van der Waals surface area contributed by atoms with Gasteiger partial charge in [-0.1, -0.05) is 5.16 Å². The number of carbonyl (C=O) groups is 1. The van der Waals surface area contributed by atoms with Crippen LogP contribution in [-0.4, -0.2) is 11.1 Å². The Hall–Kier alpha value is -2.30. The van der Waals surface area contributed by atoms with Gasteiger partial charge in [0.1, 0.15) is 5.76 Å². The molecule has 2 aromatic heterocycles. The molecule has 0 fully saturated rings. The summed E-state index contributed by atoms with van der Waals surface area (Å²) < 4.78 is 10.3. The zero-order chi connectivity index (χ0) is 13.1. The molecule has 19 heavy (non-hydrogen) atoms. The number of fused-ring (bicyclic) bond motifs is 1. The molecule has 0 unspecified atom stereocenters. The number of furan rings is 1. The summed E-state index contributed by atoms with van der Waals surface area (Å²) in [6.07, 6.45) is 8.66. The Morgan fingerprint density at radius 2 is 2.26 bits per heavy atom. The Morgan fingerprint density at radius 3 is 3.11 bits per heavy atom. The van der Waals surface area contributed by atoms with Crippen LogP contribution in [0.25, 0.3) is 6.08 Å². The van der Waals surface area contributed by atoms with Crippen LogP contribution in [0.1, 0.15) is 29.9 Å². The number of aromatic nitrogens is 1. The van der Waals surface area contributed by atoms with Crippen molar-refractivity contribution >= 4 is 17.9 Å². The highest BCUT2D eigenvalue weighted by Gasteiger charge is 2.19. The lowest BCUT2D eigenvalue weighted by Gasteiger charge is -2.08. The molecule has 1 aliphatic rings. The van der Waals surface area contributed by atoms with Crippen molar-refractivity contribution in [3.8, 4) is 0 Å². The average Bonchev–Trinajstić information content (AvgIpc) is 3.07. The Balaban J connectivity index is 1.68. The maximum atomic E-state index is 11.8. The highest BCUT2D eigenvalue weighted by molar-refractivity contribution is 6.01. The third-order valence-electron chi connectivity index (χ3n) is 3.14. The van der Waals surface area contributed by atoms with E-state index in [9.17, 15) is 4.79 Å². The first-order valence-corrected chi connectivity index (χ1v) is 6.33. The van der Waals surface area contributed by atoms with Gasteiger partial charge in [0.25, 0.3) is 5.91 Å². The highest BCUT2D eigenvalue weighted by Crippen LogP contribution is 2.27. The molecule has 2 aromatic rings. The number of nitrogens with zero attached hydrogens (tertiary/aromatic N) is 1. The van der Waals surface area contributed by atoms with E-state index in [0.717, 1.165) is 36.9 Å². The van der Waals surface area contributed by atoms with Crippen molar-refractivity contribution in [2.75, 3.05) is 5.32 Å². The summed E-state index contributed by atoms with van der Waals surface area (Å²) in [4.78, 5) is 11.8. The fourth-order valence-corrected chi connectivity index (χ4v) is 2.19. The van der Waals surface area contributed by atoms with Gasteiger partial charge < -0.3 is 8.94 Å². The van der Waals surface area contributed by atoms with Crippen LogP contribution in [0.4, 0.5) is 5.88 Å². The highest BCUT2D eigenvalue weighted by atomic mass is 16.5. The molecule has 1 aliphatic carbocycles. The first-order chi connectivity index (χ1) is 9.33. The van der Waals surface area contributed by atoms with E-state index >= 15 is 0 Å². The molecule has 1 N–H and O–H groups in total. The maximum Gasteiger partial charge on any atom is 0.250 e. The monoisotopic (exact) mass is 258 g/mol. The second kappa shape index (κ2) is 5.14. The Labute approximate surface area is 110 Å². The number of rotatable bonds is 3. The molecule has 0 aromatic carbocycles. The summed E-state index contributed by atoms with van der Waals surface area (Å²) in [5.41, 5.74) is 2.00. The molecule has 3 rings (SSSR count). The van der Waals surface area contributed by atoms with Gasteiger partial charge in [-0.2, -0.15) is 0 Å². The van der Waals surface area contributed by atoms with Crippen LogP contribution in [0.2, 0.25) is 0 Å². The van der Waals surface area contributed by atoms with Gasteiger partial charge in [-0.25, -0.2) is 0 Å². The standard InChI is InChI=1S/C14H14N2O3/c17-13(8-7-10-4-3-9-18-10)15-14-11-5-1-2-6-12(11)16-19-14/h3-4,7-9H,1-2,5-6H2,(H,15,17)/b8-7+. The zero-order valence-corrected chi connectivity index (χ0v) is 10.4. The number of carbonyl (C=O) groups excluding carboxylic acids is 1. The number of aryl methyl sites for hydroxylation is 1. The summed E-state index contributed by atoms with van der Waals surface area (Å²) in [5.74, 6) is 0.861. The molecule has 0 aliphatic heterocycles. The summed E-state index contributed by atoms with van der Waals surface area (Å²) in [7, 11) is 0. The number of hydrogen-bond donors (Lipinski definition) is 1. The molecule has 98 valence electrons. The van der Waals surface area contributed by atoms with E-state index in [1.165, 1.54) is 6.08 Å². The maximum absolute atomic E-state index is 11.8. The van der Waals surface area contributed by atoms with Crippen molar-refractivity contribution in [1.29, 1.82) is 0 Å². The minimum Gasteiger partial charge on any atom is -0.465 e. The first kappa shape index (κ1) is 11.8. The van der Waals surface area contributed by atoms with Gasteiger partial charge in [0.05, 0.1) is 12.0 Å². The van der Waals surface area contributed by atoms with Crippen molar-refractivity contribution in [3.63, 3.8) is 0 Å². The third-order valence-corrected chi connectivity index (χ3v) is 3.14. The summed E-state index contributed by atoms with van der Waals surface area (Å²) in [5, 5.41) is 6.70. The van der Waals surface area contributed by atoms with Gasteiger partial charge in [-0.3, -0.25) is 10.1 Å². The smallest absolute Gasteiger partial charge is 0.250 e. The van der Waals surface area contributed by atoms with Crippen LogP contribution in [0.3, 0.4) is 0 Å². The van der Waals surface area contributed by atoms with Crippen LogP contribution >= 0.6 is 0 Å². The topological polar surface area (TPSA) is 68.3 Å². The van der Waals surface area contributed by atoms with Gasteiger partial charge in [0.2, 0.25) is 5.88 Å². The van der Waals surface area contributed by atoms with E-state index in [1.807, 2.05) is 0 Å². The molecular formula is C14H14N2O3. The van der Waals surface area contributed by atoms with Crippen molar-refractivity contribution in [2.24, 2.45) is 0 Å². The lowest BCUT2D eigenvalue weighted by molar-refractivity contribution is -0.112. The minimum atomic E-state index is -0.249. The fourth-order valence-electron chi connectivity index (χ4n) is 2.19. The van der Waals surface area contributed by atoms with Crippen LogP contribution in [0.15, 0.2) is 33.4 Å². The average molecular weight is 258 g/mol. The molecule has 0 radical (unpaired) electrons. The molecule has 0 spiro atoms. The molecule has 5 nitrogen and oxygen atoms in total. The van der Waals surface area contributed by atoms with Crippen molar-refractivity contribution < 1.29 is 13.7 Å². The van der Waals surface area contributed by atoms with E-state index in [4.69, 9.17) is 8.94 Å². The number of hydrogen-bond acceptors (Lipinski definition) is 4. The second-order valence-electron chi connectivity index (χ2n) is 4.48. The van der Waals surface area contributed by atoms with E-state index < -0.39 is 0 Å². The Bertz CT molecular complexity index is 596. The third kappa shape index (κ3) is 2.59. The van der Waals surface area contributed by atoms with Gasteiger partial charge in [0, 0.05) is 11.6 Å². The quantitative estimate of drug-likeness (QED) is 0.859. The van der Waals surface area contributed by atoms with Crippen LogP contribution in [0, 0.1) is 0 Å². The molecule has 0 bridgehead atoms. The van der Waals surface area contributed by atoms with Gasteiger partial charge >= 0.3 is 0 Å². The lowest BCUT2D eigenvalue weighted by atomic mass is 9.98. The molecule has 0 saturated heterocycles. The molecule has 2 heterocycles. The van der Waals surface area contributed by atoms with Crippen molar-refractivity contribution in [3.05, 3.63) is 41.5 Å². The van der Waals surface area contributed by atoms with Gasteiger partial charge in [-0.15, -0.1) is 0 Å². The number of amides is 1. The Morgan fingerprint density at radius 1 is 1.37 bits per heavy atom. The van der Waals surface area contributed by atoms with Crippen LogP contribution < -0.4 is 5.32 Å². The minimum absolute atomic E-state index is 0.249. The van der Waals surface area contributed by atoms with Crippen molar-refractivity contribution in [1.82, 2.24) is 5.16 Å². The van der Waals surface area contributed by atoms with Crippen molar-refractivity contribution in [2.45, 2.75) is 25.7 Å². The van der Waals surface area contributed by atoms with E-state index in [0.29, 0.717) is 11.6 Å². The first-order valence-electron chi connectivity index (χ1n) is 6.33. The van der Waals surface area contributed by atoms with Gasteiger partial charge in [0.15, 0.2) is 0 Å². The van der Waals surface area contributed by atoms with E-state index in [2.05, 4.69) is 10.5 Å². The van der Waals surface area contributed by atoms with Crippen LogP contribution in [0.5, 0.6) is 0 Å². The number of anilines is 1. The Kier molecular flexibility index (Phi) is 3.18. The molecule has 0 saturated carbocycles. The lowest BCUT2D eigenvalue weighted by Crippen LogP contribution is -2.10. The van der Waals surface area contributed by atoms with Crippen LogP contribution in [-0.2, 0) is 17.6 Å². The van der Waals surface area contributed by atoms with E-state index in [1.54, 1.807) is 24.5 Å². The fraction of sp³-hybridized carbons (Fsp3) is 0.286. The zero-order valence-electron chi connectivity index (χ0n) is 10.4. The molecular weight excluding hydrogens is 244 g/mol. The molecule has 0 atom stereocenters. The SMILES string of the molecule is O=C(/C=C/c1ccco1)Nc1onc2c1CCCC2. The molecule has 1 amide bonds. The number of nitrogens with one attached hydrogen (secondary N) is 1. The molecule has 5 heteroatoms. The van der Waals surface area contributed by atoms with Gasteiger partial charge in [-0.05, 0) is 43.9 Å². The normalized spacial score (nSPS) is 14.5. The predicted octanol–water partition coefficient (Wildman–Crippen LogP) is 2.80. The second-order valence-corrected chi connectivity index (χ2v) is 4.48. The summed E-state index contributed by atoms with van der Waals surface area (Å²) in [6, 6.07) is 3.55. The van der Waals surface area contributed by atoms with E-state index in [-0.39, 0.29) is 5.91 Å². The summed E-state index contributed by atoms with van der Waals surface area (Å²) >= 11 is 0. The summed E-state index contributed by atoms with van der Waals surface area (Å²) in [6.45, 7) is 0.